The number of Topliss-reactive ketones (excluding diaryl/α,β-unsaturated/α-hetero) is 1. The monoisotopic (exact) mass is 261 g/mol. The first-order valence-corrected chi connectivity index (χ1v) is 5.74. The maximum absolute atomic E-state index is 12.3. The highest BCUT2D eigenvalue weighted by molar-refractivity contribution is 6.00. The highest BCUT2D eigenvalue weighted by Gasteiger charge is 2.18. The number of ether oxygens (including phenoxy) is 2. The smallest absolute Gasteiger partial charge is 0.174 e. The summed E-state index contributed by atoms with van der Waals surface area (Å²) in [5.41, 5.74) is 0.477. The van der Waals surface area contributed by atoms with Crippen molar-refractivity contribution in [1.29, 1.82) is 0 Å². The van der Waals surface area contributed by atoms with Gasteiger partial charge in [0.15, 0.2) is 17.3 Å². The van der Waals surface area contributed by atoms with Gasteiger partial charge in [0, 0.05) is 7.05 Å². The summed E-state index contributed by atoms with van der Waals surface area (Å²) in [6.45, 7) is 0. The number of carbonyl (C=O) groups excluding carboxylic acids is 1. The Morgan fingerprint density at radius 2 is 2.11 bits per heavy atom. The predicted octanol–water partition coefficient (Wildman–Crippen LogP) is 1.26. The van der Waals surface area contributed by atoms with Gasteiger partial charge in [0.2, 0.25) is 0 Å². The quantitative estimate of drug-likeness (QED) is 0.758. The molecule has 0 amide bonds. The largest absolute Gasteiger partial charge is 0.493 e. The SMILES string of the molecule is COc1cccc(C(=O)Cc2ncnn2C)c1OC. The summed E-state index contributed by atoms with van der Waals surface area (Å²) in [5.74, 6) is 1.49. The van der Waals surface area contributed by atoms with E-state index in [0.717, 1.165) is 0 Å². The topological polar surface area (TPSA) is 66.2 Å². The lowest BCUT2D eigenvalue weighted by Crippen LogP contribution is -2.10. The molecule has 1 heterocycles. The van der Waals surface area contributed by atoms with Crippen LogP contribution < -0.4 is 9.47 Å². The van der Waals surface area contributed by atoms with Gasteiger partial charge in [-0.3, -0.25) is 9.48 Å². The van der Waals surface area contributed by atoms with Crippen LogP contribution >= 0.6 is 0 Å². The molecule has 0 aliphatic carbocycles. The second-order valence-electron chi connectivity index (χ2n) is 3.94. The third-order valence-electron chi connectivity index (χ3n) is 2.83. The van der Waals surface area contributed by atoms with Crippen molar-refractivity contribution in [2.45, 2.75) is 6.42 Å². The highest BCUT2D eigenvalue weighted by Crippen LogP contribution is 2.31. The Morgan fingerprint density at radius 3 is 2.68 bits per heavy atom. The Hall–Kier alpha value is -2.37. The molecule has 0 saturated heterocycles. The molecule has 0 atom stereocenters. The van der Waals surface area contributed by atoms with E-state index < -0.39 is 0 Å². The second kappa shape index (κ2) is 5.51. The van der Waals surface area contributed by atoms with Crippen LogP contribution in [0, 0.1) is 0 Å². The molecule has 0 N–H and O–H groups in total. The molecule has 0 spiro atoms. The molecule has 0 fully saturated rings. The highest BCUT2D eigenvalue weighted by atomic mass is 16.5. The van der Waals surface area contributed by atoms with Crippen LogP contribution in [-0.4, -0.2) is 34.8 Å². The van der Waals surface area contributed by atoms with Crippen molar-refractivity contribution < 1.29 is 14.3 Å². The number of benzene rings is 1. The Kier molecular flexibility index (Phi) is 3.79. The third-order valence-corrected chi connectivity index (χ3v) is 2.83. The number of rotatable bonds is 5. The second-order valence-corrected chi connectivity index (χ2v) is 3.94. The van der Waals surface area contributed by atoms with E-state index in [9.17, 15) is 4.79 Å². The summed E-state index contributed by atoms with van der Waals surface area (Å²) in [5, 5.41) is 3.94. The van der Waals surface area contributed by atoms with Crippen molar-refractivity contribution in [2.75, 3.05) is 14.2 Å². The van der Waals surface area contributed by atoms with Gasteiger partial charge in [-0.1, -0.05) is 6.07 Å². The van der Waals surface area contributed by atoms with E-state index >= 15 is 0 Å². The molecule has 0 saturated carbocycles. The molecule has 2 aromatic rings. The number of para-hydroxylation sites is 1. The van der Waals surface area contributed by atoms with Crippen LogP contribution in [-0.2, 0) is 13.5 Å². The Morgan fingerprint density at radius 1 is 1.32 bits per heavy atom. The van der Waals surface area contributed by atoms with Crippen LogP contribution in [0.4, 0.5) is 0 Å². The molecular weight excluding hydrogens is 246 g/mol. The molecule has 0 radical (unpaired) electrons. The van der Waals surface area contributed by atoms with Crippen molar-refractivity contribution in [3.05, 3.63) is 35.9 Å². The molecule has 6 heteroatoms. The van der Waals surface area contributed by atoms with E-state index in [1.165, 1.54) is 20.5 Å². The summed E-state index contributed by atoms with van der Waals surface area (Å²) in [6, 6.07) is 5.21. The summed E-state index contributed by atoms with van der Waals surface area (Å²) in [4.78, 5) is 16.3. The number of aryl methyl sites for hydroxylation is 1. The predicted molar refractivity (Wildman–Crippen MR) is 68.6 cm³/mol. The van der Waals surface area contributed by atoms with Gasteiger partial charge in [-0.2, -0.15) is 5.10 Å². The zero-order valence-electron chi connectivity index (χ0n) is 11.1. The molecular formula is C13H15N3O3. The molecule has 2 rings (SSSR count). The lowest BCUT2D eigenvalue weighted by Gasteiger charge is -2.11. The first-order valence-electron chi connectivity index (χ1n) is 5.74. The Labute approximate surface area is 111 Å². The third kappa shape index (κ3) is 2.57. The average molecular weight is 261 g/mol. The van der Waals surface area contributed by atoms with Gasteiger partial charge in [0.1, 0.15) is 12.2 Å². The van der Waals surface area contributed by atoms with Gasteiger partial charge in [-0.25, -0.2) is 4.98 Å². The summed E-state index contributed by atoms with van der Waals surface area (Å²) < 4.78 is 12.0. The van der Waals surface area contributed by atoms with Crippen molar-refractivity contribution in [3.8, 4) is 11.5 Å². The Balaban J connectivity index is 2.31. The molecule has 1 aromatic carbocycles. The minimum Gasteiger partial charge on any atom is -0.493 e. The van der Waals surface area contributed by atoms with E-state index in [1.807, 2.05) is 0 Å². The van der Waals surface area contributed by atoms with Gasteiger partial charge < -0.3 is 9.47 Å². The fourth-order valence-electron chi connectivity index (χ4n) is 1.83. The molecule has 19 heavy (non-hydrogen) atoms. The minimum absolute atomic E-state index is 0.0909. The number of hydrogen-bond acceptors (Lipinski definition) is 5. The molecule has 1 aromatic heterocycles. The van der Waals surface area contributed by atoms with Crippen LogP contribution in [0.25, 0.3) is 0 Å². The van der Waals surface area contributed by atoms with Crippen LogP contribution in [0.1, 0.15) is 16.2 Å². The van der Waals surface area contributed by atoms with Crippen LogP contribution in [0.15, 0.2) is 24.5 Å². The standard InChI is InChI=1S/C13H15N3O3/c1-16-12(14-8-15-16)7-10(17)9-5-4-6-11(18-2)13(9)19-3/h4-6,8H,7H2,1-3H3. The fourth-order valence-corrected chi connectivity index (χ4v) is 1.83. The first-order chi connectivity index (χ1) is 9.17. The van der Waals surface area contributed by atoms with Crippen LogP contribution in [0.3, 0.4) is 0 Å². The zero-order valence-corrected chi connectivity index (χ0v) is 11.1. The summed E-state index contributed by atoms with van der Waals surface area (Å²) in [6.07, 6.45) is 1.59. The molecule has 6 nitrogen and oxygen atoms in total. The van der Waals surface area contributed by atoms with E-state index in [1.54, 1.807) is 29.9 Å². The number of methoxy groups -OCH3 is 2. The fraction of sp³-hybridized carbons (Fsp3) is 0.308. The van der Waals surface area contributed by atoms with E-state index in [2.05, 4.69) is 10.1 Å². The lowest BCUT2D eigenvalue weighted by atomic mass is 10.1. The van der Waals surface area contributed by atoms with Crippen molar-refractivity contribution in [3.63, 3.8) is 0 Å². The molecule has 0 aliphatic rings. The van der Waals surface area contributed by atoms with Crippen LogP contribution in [0.5, 0.6) is 11.5 Å². The molecule has 0 aliphatic heterocycles. The van der Waals surface area contributed by atoms with Crippen molar-refractivity contribution in [2.24, 2.45) is 7.05 Å². The van der Waals surface area contributed by atoms with Gasteiger partial charge in [-0.15, -0.1) is 0 Å². The number of ketones is 1. The summed E-state index contributed by atoms with van der Waals surface area (Å²) >= 11 is 0. The summed E-state index contributed by atoms with van der Waals surface area (Å²) in [7, 11) is 4.80. The minimum atomic E-state index is -0.0909. The number of hydrogen-bond donors (Lipinski definition) is 0. The van der Waals surface area contributed by atoms with Gasteiger partial charge in [-0.05, 0) is 12.1 Å². The van der Waals surface area contributed by atoms with Crippen LogP contribution in [0.2, 0.25) is 0 Å². The van der Waals surface area contributed by atoms with E-state index in [-0.39, 0.29) is 12.2 Å². The zero-order chi connectivity index (χ0) is 13.8. The van der Waals surface area contributed by atoms with Crippen molar-refractivity contribution in [1.82, 2.24) is 14.8 Å². The molecule has 0 bridgehead atoms. The van der Waals surface area contributed by atoms with Gasteiger partial charge >= 0.3 is 0 Å². The average Bonchev–Trinajstić information content (AvgIpc) is 2.83. The Bertz CT molecular complexity index is 593. The van der Waals surface area contributed by atoms with E-state index in [0.29, 0.717) is 22.9 Å². The maximum atomic E-state index is 12.3. The molecule has 0 unspecified atom stereocenters. The lowest BCUT2D eigenvalue weighted by molar-refractivity contribution is 0.0986. The number of nitrogens with zero attached hydrogens (tertiary/aromatic N) is 3. The molecule has 100 valence electrons. The van der Waals surface area contributed by atoms with Crippen molar-refractivity contribution >= 4 is 5.78 Å². The maximum Gasteiger partial charge on any atom is 0.174 e. The van der Waals surface area contributed by atoms with Gasteiger partial charge in [0.05, 0.1) is 26.2 Å². The van der Waals surface area contributed by atoms with E-state index in [4.69, 9.17) is 9.47 Å². The van der Waals surface area contributed by atoms with Gasteiger partial charge in [0.25, 0.3) is 0 Å². The number of aromatic nitrogens is 3. The number of carbonyl (C=O) groups is 1. The normalized spacial score (nSPS) is 10.3. The first kappa shape index (κ1) is 13.1.